The van der Waals surface area contributed by atoms with Crippen molar-refractivity contribution in [1.29, 1.82) is 0 Å². The number of para-hydroxylation sites is 2. The van der Waals surface area contributed by atoms with Crippen LogP contribution < -0.4 is 10.2 Å². The standard InChI is InChI=1S/C19H22N4O4/c24-16-7-5-15(6-8-16)22-13-11-21(12-14-22)10-9-19(25)20-17-3-1-2-4-18(17)23(26)27/h1-8,24H,9-14H2,(H,20,25). The van der Waals surface area contributed by atoms with E-state index in [0.29, 0.717) is 6.54 Å². The van der Waals surface area contributed by atoms with Gasteiger partial charge in [0.1, 0.15) is 11.4 Å². The van der Waals surface area contributed by atoms with E-state index < -0.39 is 4.92 Å². The summed E-state index contributed by atoms with van der Waals surface area (Å²) in [7, 11) is 0. The first-order chi connectivity index (χ1) is 13.0. The topological polar surface area (TPSA) is 99.0 Å². The van der Waals surface area contributed by atoms with Crippen LogP contribution in [0.2, 0.25) is 0 Å². The molecule has 0 aromatic heterocycles. The fourth-order valence-electron chi connectivity index (χ4n) is 3.10. The van der Waals surface area contributed by atoms with Crippen LogP contribution in [0, 0.1) is 10.1 Å². The molecule has 0 saturated carbocycles. The summed E-state index contributed by atoms with van der Waals surface area (Å²) in [5, 5.41) is 23.0. The molecule has 3 rings (SSSR count). The molecule has 142 valence electrons. The molecule has 27 heavy (non-hydrogen) atoms. The Morgan fingerprint density at radius 1 is 1.07 bits per heavy atom. The van der Waals surface area contributed by atoms with Crippen LogP contribution in [0.3, 0.4) is 0 Å². The van der Waals surface area contributed by atoms with Crippen molar-refractivity contribution in [3.05, 3.63) is 58.6 Å². The molecule has 1 heterocycles. The van der Waals surface area contributed by atoms with Crippen LogP contribution in [0.4, 0.5) is 17.1 Å². The highest BCUT2D eigenvalue weighted by Crippen LogP contribution is 2.23. The highest BCUT2D eigenvalue weighted by molar-refractivity contribution is 5.93. The summed E-state index contributed by atoms with van der Waals surface area (Å²) in [5.41, 5.74) is 1.19. The number of carbonyl (C=O) groups is 1. The normalized spacial score (nSPS) is 14.7. The molecule has 2 aromatic carbocycles. The van der Waals surface area contributed by atoms with Gasteiger partial charge in [0.15, 0.2) is 0 Å². The fraction of sp³-hybridized carbons (Fsp3) is 0.316. The summed E-state index contributed by atoms with van der Waals surface area (Å²) < 4.78 is 0. The lowest BCUT2D eigenvalue weighted by atomic mass is 10.2. The van der Waals surface area contributed by atoms with Gasteiger partial charge in [0.2, 0.25) is 5.91 Å². The number of rotatable bonds is 6. The third-order valence-electron chi connectivity index (χ3n) is 4.62. The summed E-state index contributed by atoms with van der Waals surface area (Å²) in [5.74, 6) is 0.0207. The van der Waals surface area contributed by atoms with Gasteiger partial charge in [-0.25, -0.2) is 0 Å². The molecule has 8 nitrogen and oxygen atoms in total. The number of carbonyl (C=O) groups excluding carboxylic acids is 1. The van der Waals surface area contributed by atoms with Crippen LogP contribution >= 0.6 is 0 Å². The predicted molar refractivity (Wildman–Crippen MR) is 103 cm³/mol. The van der Waals surface area contributed by atoms with E-state index in [9.17, 15) is 20.0 Å². The van der Waals surface area contributed by atoms with E-state index in [1.54, 1.807) is 24.3 Å². The molecule has 0 spiro atoms. The summed E-state index contributed by atoms with van der Waals surface area (Å²) in [6.45, 7) is 3.96. The molecule has 0 bridgehead atoms. The van der Waals surface area contributed by atoms with Crippen molar-refractivity contribution < 1.29 is 14.8 Å². The number of hydrogen-bond donors (Lipinski definition) is 2. The van der Waals surface area contributed by atoms with Crippen molar-refractivity contribution in [2.75, 3.05) is 42.9 Å². The first kappa shape index (κ1) is 18.7. The SMILES string of the molecule is O=C(CCN1CCN(c2ccc(O)cc2)CC1)Nc1ccccc1[N+](=O)[O-]. The number of aromatic hydroxyl groups is 1. The van der Waals surface area contributed by atoms with Crippen molar-refractivity contribution in [2.45, 2.75) is 6.42 Å². The van der Waals surface area contributed by atoms with Crippen molar-refractivity contribution in [3.8, 4) is 5.75 Å². The maximum atomic E-state index is 12.2. The van der Waals surface area contributed by atoms with Gasteiger partial charge < -0.3 is 15.3 Å². The number of piperazine rings is 1. The molecular formula is C19H22N4O4. The molecule has 1 fully saturated rings. The Kier molecular flexibility index (Phi) is 5.87. The number of anilines is 2. The molecule has 0 radical (unpaired) electrons. The van der Waals surface area contributed by atoms with Crippen molar-refractivity contribution >= 4 is 23.0 Å². The van der Waals surface area contributed by atoms with Crippen molar-refractivity contribution in [1.82, 2.24) is 4.90 Å². The van der Waals surface area contributed by atoms with Gasteiger partial charge in [-0.1, -0.05) is 12.1 Å². The van der Waals surface area contributed by atoms with Crippen molar-refractivity contribution in [2.24, 2.45) is 0 Å². The van der Waals surface area contributed by atoms with Crippen LogP contribution in [0.5, 0.6) is 5.75 Å². The number of phenolic OH excluding ortho intramolecular Hbond substituents is 1. The van der Waals surface area contributed by atoms with Gasteiger partial charge in [0, 0.05) is 50.9 Å². The molecule has 2 aromatic rings. The summed E-state index contributed by atoms with van der Waals surface area (Å²) in [6, 6.07) is 13.3. The number of amides is 1. The average Bonchev–Trinajstić information content (AvgIpc) is 2.68. The predicted octanol–water partition coefficient (Wildman–Crippen LogP) is 2.45. The van der Waals surface area contributed by atoms with Crippen LogP contribution in [-0.2, 0) is 4.79 Å². The molecule has 1 aliphatic heterocycles. The van der Waals surface area contributed by atoms with Crippen LogP contribution in [0.15, 0.2) is 48.5 Å². The quantitative estimate of drug-likeness (QED) is 0.599. The zero-order valence-electron chi connectivity index (χ0n) is 14.9. The van der Waals surface area contributed by atoms with Crippen LogP contribution in [-0.4, -0.2) is 53.6 Å². The van der Waals surface area contributed by atoms with E-state index >= 15 is 0 Å². The number of hydrogen-bond acceptors (Lipinski definition) is 6. The monoisotopic (exact) mass is 370 g/mol. The zero-order valence-corrected chi connectivity index (χ0v) is 14.9. The molecule has 0 aliphatic carbocycles. The van der Waals surface area contributed by atoms with E-state index in [0.717, 1.165) is 31.9 Å². The Labute approximate surface area is 157 Å². The number of nitro benzene ring substituents is 1. The lowest BCUT2D eigenvalue weighted by Gasteiger charge is -2.36. The molecule has 0 atom stereocenters. The molecule has 1 saturated heterocycles. The minimum Gasteiger partial charge on any atom is -0.508 e. The lowest BCUT2D eigenvalue weighted by molar-refractivity contribution is -0.383. The number of nitro groups is 1. The van der Waals surface area contributed by atoms with Gasteiger partial charge in [-0.05, 0) is 30.3 Å². The van der Waals surface area contributed by atoms with E-state index in [2.05, 4.69) is 15.1 Å². The van der Waals surface area contributed by atoms with E-state index in [4.69, 9.17) is 0 Å². The van der Waals surface area contributed by atoms with E-state index in [-0.39, 0.29) is 29.5 Å². The third-order valence-corrected chi connectivity index (χ3v) is 4.62. The molecule has 8 heteroatoms. The maximum Gasteiger partial charge on any atom is 0.292 e. The number of nitrogens with one attached hydrogen (secondary N) is 1. The summed E-state index contributed by atoms with van der Waals surface area (Å²) in [4.78, 5) is 27.1. The summed E-state index contributed by atoms with van der Waals surface area (Å²) in [6.07, 6.45) is 0.283. The molecule has 0 unspecified atom stereocenters. The number of benzene rings is 2. The van der Waals surface area contributed by atoms with Crippen LogP contribution in [0.25, 0.3) is 0 Å². The first-order valence-corrected chi connectivity index (χ1v) is 8.82. The van der Waals surface area contributed by atoms with Gasteiger partial charge in [-0.15, -0.1) is 0 Å². The second-order valence-corrected chi connectivity index (χ2v) is 6.42. The Morgan fingerprint density at radius 2 is 1.74 bits per heavy atom. The van der Waals surface area contributed by atoms with Gasteiger partial charge in [-0.3, -0.25) is 19.8 Å². The largest absolute Gasteiger partial charge is 0.508 e. The van der Waals surface area contributed by atoms with Crippen LogP contribution in [0.1, 0.15) is 6.42 Å². The second kappa shape index (κ2) is 8.50. The minimum absolute atomic E-state index is 0.103. The molecule has 1 aliphatic rings. The molecule has 1 amide bonds. The molecule has 2 N–H and O–H groups in total. The second-order valence-electron chi connectivity index (χ2n) is 6.42. The Balaban J connectivity index is 1.45. The van der Waals surface area contributed by atoms with Crippen molar-refractivity contribution in [3.63, 3.8) is 0 Å². The van der Waals surface area contributed by atoms with Gasteiger partial charge in [-0.2, -0.15) is 0 Å². The first-order valence-electron chi connectivity index (χ1n) is 8.82. The van der Waals surface area contributed by atoms with Gasteiger partial charge in [0.05, 0.1) is 4.92 Å². The minimum atomic E-state index is -0.502. The highest BCUT2D eigenvalue weighted by atomic mass is 16.6. The third kappa shape index (κ3) is 4.95. The maximum absolute atomic E-state index is 12.2. The smallest absolute Gasteiger partial charge is 0.292 e. The summed E-state index contributed by atoms with van der Waals surface area (Å²) >= 11 is 0. The number of nitrogens with zero attached hydrogens (tertiary/aromatic N) is 3. The number of phenols is 1. The van der Waals surface area contributed by atoms with Gasteiger partial charge >= 0.3 is 0 Å². The Morgan fingerprint density at radius 3 is 2.41 bits per heavy atom. The Hall–Kier alpha value is -3.13. The highest BCUT2D eigenvalue weighted by Gasteiger charge is 2.19. The van der Waals surface area contributed by atoms with Gasteiger partial charge in [0.25, 0.3) is 5.69 Å². The molecular weight excluding hydrogens is 348 g/mol. The van der Waals surface area contributed by atoms with E-state index in [1.165, 1.54) is 12.1 Å². The van der Waals surface area contributed by atoms with E-state index in [1.807, 2.05) is 12.1 Å². The Bertz CT molecular complexity index is 802. The fourth-order valence-corrected chi connectivity index (χ4v) is 3.10. The zero-order chi connectivity index (χ0) is 19.2. The lowest BCUT2D eigenvalue weighted by Crippen LogP contribution is -2.47. The average molecular weight is 370 g/mol.